The molecule has 2 aliphatic heterocycles. The van der Waals surface area contributed by atoms with Crippen molar-refractivity contribution in [1.29, 1.82) is 0 Å². The van der Waals surface area contributed by atoms with Crippen LogP contribution in [0, 0.1) is 23.4 Å². The second-order valence-electron chi connectivity index (χ2n) is 6.72. The van der Waals surface area contributed by atoms with Crippen molar-refractivity contribution in [3.05, 3.63) is 65.0 Å². The van der Waals surface area contributed by atoms with Crippen LogP contribution in [-0.4, -0.2) is 23.4 Å². The first-order valence-corrected chi connectivity index (χ1v) is 8.83. The monoisotopic (exact) mass is 390 g/mol. The Hall–Kier alpha value is -3.03. The summed E-state index contributed by atoms with van der Waals surface area (Å²) in [7, 11) is 0. The molecule has 5 nitrogen and oxygen atoms in total. The predicted molar refractivity (Wildman–Crippen MR) is 93.9 cm³/mol. The minimum absolute atomic E-state index is 0.188. The van der Waals surface area contributed by atoms with Gasteiger partial charge in [0.25, 0.3) is 0 Å². The number of rotatable bonds is 2. The van der Waals surface area contributed by atoms with Crippen molar-refractivity contribution in [1.82, 2.24) is 5.01 Å². The Balaban J connectivity index is 1.92. The van der Waals surface area contributed by atoms with Crippen molar-refractivity contribution in [3.63, 3.8) is 0 Å². The third-order valence-corrected chi connectivity index (χ3v) is 5.03. The predicted octanol–water partition coefficient (Wildman–Crippen LogP) is 3.92. The molecular weight excluding hydrogens is 373 g/mol. The summed E-state index contributed by atoms with van der Waals surface area (Å²) in [6, 6.07) is 6.77. The summed E-state index contributed by atoms with van der Waals surface area (Å²) in [5.41, 5.74) is -1.46. The Bertz CT molecular complexity index is 995. The number of amides is 1. The molecule has 0 aliphatic carbocycles. The van der Waals surface area contributed by atoms with Crippen LogP contribution in [0.2, 0.25) is 0 Å². The van der Waals surface area contributed by atoms with Gasteiger partial charge in [-0.05, 0) is 42.8 Å². The van der Waals surface area contributed by atoms with Gasteiger partial charge < -0.3 is 9.47 Å². The number of halogens is 3. The van der Waals surface area contributed by atoms with Gasteiger partial charge in [-0.25, -0.2) is 13.2 Å². The molecule has 8 heteroatoms. The van der Waals surface area contributed by atoms with E-state index >= 15 is 0 Å². The highest BCUT2D eigenvalue weighted by Crippen LogP contribution is 2.50. The molecule has 146 valence electrons. The van der Waals surface area contributed by atoms with E-state index < -0.39 is 35.0 Å². The van der Waals surface area contributed by atoms with E-state index in [1.807, 2.05) is 6.92 Å². The first-order chi connectivity index (χ1) is 13.4. The van der Waals surface area contributed by atoms with Crippen LogP contribution in [-0.2, 0) is 15.3 Å². The molecule has 0 N–H and O–H groups in total. The molecule has 28 heavy (non-hydrogen) atoms. The molecule has 0 aromatic heterocycles. The van der Waals surface area contributed by atoms with Crippen molar-refractivity contribution < 1.29 is 27.4 Å². The molecule has 1 spiro atoms. The van der Waals surface area contributed by atoms with Crippen LogP contribution in [0.15, 0.2) is 41.5 Å². The zero-order chi connectivity index (χ0) is 20.1. The molecule has 2 heterocycles. The van der Waals surface area contributed by atoms with E-state index in [2.05, 4.69) is 5.10 Å². The third-order valence-electron chi connectivity index (χ3n) is 5.03. The summed E-state index contributed by atoms with van der Waals surface area (Å²) in [5, 5.41) is 5.23. The lowest BCUT2D eigenvalue weighted by atomic mass is 9.84. The van der Waals surface area contributed by atoms with E-state index in [-0.39, 0.29) is 23.6 Å². The van der Waals surface area contributed by atoms with Crippen LogP contribution < -0.4 is 4.74 Å². The summed E-state index contributed by atoms with van der Waals surface area (Å²) in [5.74, 6) is -2.78. The number of benzene rings is 2. The van der Waals surface area contributed by atoms with Crippen LogP contribution in [0.4, 0.5) is 13.2 Å². The standard InChI is InChI=1S/C20H17F3N2O3/c1-3-12-10-27-18-7-5-14(22)9-16(18)20(12)25(11(2)26)24-19(28-20)15-8-13(21)4-6-17(15)23/h4-9,12H,3,10H2,1-2H3. The maximum Gasteiger partial charge on any atom is 0.244 e. The molecular formula is C20H17F3N2O3. The zero-order valence-corrected chi connectivity index (χ0v) is 15.2. The Morgan fingerprint density at radius 1 is 1.21 bits per heavy atom. The number of nitrogens with zero attached hydrogens (tertiary/aromatic N) is 2. The molecule has 2 unspecified atom stereocenters. The lowest BCUT2D eigenvalue weighted by Crippen LogP contribution is -2.53. The van der Waals surface area contributed by atoms with E-state index in [0.29, 0.717) is 12.2 Å². The number of fused-ring (bicyclic) bond motifs is 2. The molecule has 4 rings (SSSR count). The smallest absolute Gasteiger partial charge is 0.244 e. The van der Waals surface area contributed by atoms with Gasteiger partial charge in [0.2, 0.25) is 17.5 Å². The highest BCUT2D eigenvalue weighted by Gasteiger charge is 2.57. The zero-order valence-electron chi connectivity index (χ0n) is 15.2. The van der Waals surface area contributed by atoms with Crippen LogP contribution >= 0.6 is 0 Å². The topological polar surface area (TPSA) is 51.1 Å². The fourth-order valence-corrected chi connectivity index (χ4v) is 3.70. The summed E-state index contributed by atoms with van der Waals surface area (Å²) in [6.45, 7) is 3.33. The SMILES string of the molecule is CCC1COc2ccc(F)cc2C12OC(c1cc(F)ccc1F)=NN2C(C)=O. The number of hydrazone groups is 1. The Labute approximate surface area is 159 Å². The van der Waals surface area contributed by atoms with Gasteiger partial charge in [0.05, 0.1) is 23.7 Å². The summed E-state index contributed by atoms with van der Waals surface area (Å²) in [6.07, 6.45) is 0.508. The van der Waals surface area contributed by atoms with E-state index in [4.69, 9.17) is 9.47 Å². The minimum Gasteiger partial charge on any atom is -0.493 e. The highest BCUT2D eigenvalue weighted by molar-refractivity contribution is 5.97. The van der Waals surface area contributed by atoms with E-state index in [9.17, 15) is 18.0 Å². The summed E-state index contributed by atoms with van der Waals surface area (Å²) in [4.78, 5) is 12.4. The van der Waals surface area contributed by atoms with Gasteiger partial charge in [-0.3, -0.25) is 4.79 Å². The summed E-state index contributed by atoms with van der Waals surface area (Å²) < 4.78 is 53.9. The van der Waals surface area contributed by atoms with E-state index in [1.165, 1.54) is 25.1 Å². The van der Waals surface area contributed by atoms with E-state index in [1.54, 1.807) is 0 Å². The summed E-state index contributed by atoms with van der Waals surface area (Å²) >= 11 is 0. The molecule has 2 aromatic rings. The van der Waals surface area contributed by atoms with Crippen LogP contribution in [0.3, 0.4) is 0 Å². The first-order valence-electron chi connectivity index (χ1n) is 8.83. The lowest BCUT2D eigenvalue weighted by molar-refractivity contribution is -0.168. The Kier molecular flexibility index (Phi) is 4.28. The number of hydrogen-bond acceptors (Lipinski definition) is 4. The van der Waals surface area contributed by atoms with Crippen molar-refractivity contribution in [2.75, 3.05) is 6.61 Å². The van der Waals surface area contributed by atoms with Crippen molar-refractivity contribution in [2.24, 2.45) is 11.0 Å². The van der Waals surface area contributed by atoms with Crippen LogP contribution in [0.25, 0.3) is 0 Å². The quantitative estimate of drug-likeness (QED) is 0.781. The molecule has 2 atom stereocenters. The molecule has 0 saturated carbocycles. The molecule has 2 aromatic carbocycles. The van der Waals surface area contributed by atoms with Gasteiger partial charge in [0.15, 0.2) is 0 Å². The van der Waals surface area contributed by atoms with Gasteiger partial charge in [-0.2, -0.15) is 5.01 Å². The van der Waals surface area contributed by atoms with Crippen molar-refractivity contribution >= 4 is 11.8 Å². The maximum atomic E-state index is 14.3. The largest absolute Gasteiger partial charge is 0.493 e. The lowest BCUT2D eigenvalue weighted by Gasteiger charge is -2.44. The fourth-order valence-electron chi connectivity index (χ4n) is 3.70. The van der Waals surface area contributed by atoms with Gasteiger partial charge in [0.1, 0.15) is 23.2 Å². The van der Waals surface area contributed by atoms with Crippen molar-refractivity contribution in [3.8, 4) is 5.75 Å². The first kappa shape index (κ1) is 18.3. The number of ether oxygens (including phenoxy) is 2. The van der Waals surface area contributed by atoms with Gasteiger partial charge in [-0.15, -0.1) is 5.10 Å². The van der Waals surface area contributed by atoms with Gasteiger partial charge >= 0.3 is 0 Å². The van der Waals surface area contributed by atoms with Crippen LogP contribution in [0.1, 0.15) is 31.4 Å². The number of hydrogen-bond donors (Lipinski definition) is 0. The second kappa shape index (κ2) is 6.54. The van der Waals surface area contributed by atoms with Crippen LogP contribution in [0.5, 0.6) is 5.75 Å². The highest BCUT2D eigenvalue weighted by atomic mass is 19.1. The molecule has 0 radical (unpaired) electrons. The molecule has 2 aliphatic rings. The Morgan fingerprint density at radius 2 is 1.93 bits per heavy atom. The normalized spacial score (nSPS) is 23.1. The average Bonchev–Trinajstić information content (AvgIpc) is 3.06. The number of carbonyl (C=O) groups is 1. The molecule has 0 bridgehead atoms. The fraction of sp³-hybridized carbons (Fsp3) is 0.300. The second-order valence-corrected chi connectivity index (χ2v) is 6.72. The van der Waals surface area contributed by atoms with Gasteiger partial charge in [0, 0.05) is 6.92 Å². The van der Waals surface area contributed by atoms with E-state index in [0.717, 1.165) is 23.2 Å². The maximum absolute atomic E-state index is 14.3. The number of carbonyl (C=O) groups excluding carboxylic acids is 1. The molecule has 0 fully saturated rings. The Morgan fingerprint density at radius 3 is 2.64 bits per heavy atom. The third kappa shape index (κ3) is 2.63. The average molecular weight is 390 g/mol. The molecule has 0 saturated heterocycles. The molecule has 1 amide bonds. The minimum atomic E-state index is -1.51. The van der Waals surface area contributed by atoms with Crippen molar-refractivity contribution in [2.45, 2.75) is 26.0 Å². The van der Waals surface area contributed by atoms with Gasteiger partial charge in [-0.1, -0.05) is 6.92 Å².